The van der Waals surface area contributed by atoms with E-state index in [-0.39, 0.29) is 5.54 Å². The lowest BCUT2D eigenvalue weighted by Gasteiger charge is -2.36. The molecule has 0 atom stereocenters. The van der Waals surface area contributed by atoms with Gasteiger partial charge < -0.3 is 9.64 Å². The van der Waals surface area contributed by atoms with Crippen LogP contribution in [-0.4, -0.2) is 23.7 Å². The van der Waals surface area contributed by atoms with Gasteiger partial charge in [-0.3, -0.25) is 4.98 Å². The standard InChI is InChI=1S/C12H18N2O/c1-12(2,3)14-7-4-8-15-11-5-6-13-9-10(11)14/h5-6,9H,4,7-8H2,1-3H3. The molecule has 0 aromatic carbocycles. The van der Waals surface area contributed by atoms with E-state index in [0.717, 1.165) is 31.0 Å². The summed E-state index contributed by atoms with van der Waals surface area (Å²) in [6.07, 6.45) is 4.74. The Morgan fingerprint density at radius 2 is 2.20 bits per heavy atom. The average molecular weight is 206 g/mol. The third-order valence-corrected chi connectivity index (χ3v) is 2.65. The van der Waals surface area contributed by atoms with Gasteiger partial charge in [0.05, 0.1) is 18.5 Å². The molecular formula is C12H18N2O. The van der Waals surface area contributed by atoms with Gasteiger partial charge in [-0.15, -0.1) is 0 Å². The van der Waals surface area contributed by atoms with Gasteiger partial charge >= 0.3 is 0 Å². The Kier molecular flexibility index (Phi) is 2.55. The van der Waals surface area contributed by atoms with Crippen molar-refractivity contribution in [3.63, 3.8) is 0 Å². The molecule has 0 bridgehead atoms. The Balaban J connectivity index is 2.41. The number of fused-ring (bicyclic) bond motifs is 1. The van der Waals surface area contributed by atoms with E-state index in [1.165, 1.54) is 0 Å². The summed E-state index contributed by atoms with van der Waals surface area (Å²) in [7, 11) is 0. The topological polar surface area (TPSA) is 25.4 Å². The van der Waals surface area contributed by atoms with Crippen LogP contribution in [0.15, 0.2) is 18.5 Å². The van der Waals surface area contributed by atoms with Crippen molar-refractivity contribution in [1.29, 1.82) is 0 Å². The van der Waals surface area contributed by atoms with Gasteiger partial charge in [-0.1, -0.05) is 0 Å². The summed E-state index contributed by atoms with van der Waals surface area (Å²) >= 11 is 0. The minimum Gasteiger partial charge on any atom is -0.491 e. The van der Waals surface area contributed by atoms with Crippen molar-refractivity contribution in [3.8, 4) is 5.75 Å². The molecule has 0 unspecified atom stereocenters. The molecule has 3 heteroatoms. The maximum absolute atomic E-state index is 5.69. The molecule has 1 aliphatic rings. The highest BCUT2D eigenvalue weighted by atomic mass is 16.5. The normalized spacial score (nSPS) is 16.6. The first kappa shape index (κ1) is 10.3. The summed E-state index contributed by atoms with van der Waals surface area (Å²) in [5.41, 5.74) is 1.23. The van der Waals surface area contributed by atoms with Crippen LogP contribution in [0.1, 0.15) is 27.2 Å². The van der Waals surface area contributed by atoms with Gasteiger partial charge in [0.25, 0.3) is 0 Å². The number of ether oxygens (including phenoxy) is 1. The molecule has 82 valence electrons. The molecule has 3 nitrogen and oxygen atoms in total. The molecule has 0 radical (unpaired) electrons. The van der Waals surface area contributed by atoms with Crippen molar-refractivity contribution in [2.24, 2.45) is 0 Å². The van der Waals surface area contributed by atoms with Gasteiger partial charge in [0.2, 0.25) is 0 Å². The number of rotatable bonds is 0. The fourth-order valence-corrected chi connectivity index (χ4v) is 1.92. The number of anilines is 1. The van der Waals surface area contributed by atoms with Gasteiger partial charge in [-0.05, 0) is 27.2 Å². The smallest absolute Gasteiger partial charge is 0.145 e. The van der Waals surface area contributed by atoms with E-state index < -0.39 is 0 Å². The fourth-order valence-electron chi connectivity index (χ4n) is 1.92. The van der Waals surface area contributed by atoms with Gasteiger partial charge in [0.15, 0.2) is 0 Å². The molecule has 15 heavy (non-hydrogen) atoms. The van der Waals surface area contributed by atoms with Crippen LogP contribution >= 0.6 is 0 Å². The van der Waals surface area contributed by atoms with Crippen molar-refractivity contribution >= 4 is 5.69 Å². The third kappa shape index (κ3) is 2.06. The first-order valence-corrected chi connectivity index (χ1v) is 5.43. The van der Waals surface area contributed by atoms with Crippen molar-refractivity contribution in [2.75, 3.05) is 18.1 Å². The van der Waals surface area contributed by atoms with E-state index in [1.54, 1.807) is 6.20 Å². The molecule has 0 aliphatic carbocycles. The highest BCUT2D eigenvalue weighted by Gasteiger charge is 2.25. The van der Waals surface area contributed by atoms with Crippen LogP contribution in [0.5, 0.6) is 5.75 Å². The molecule has 2 heterocycles. The largest absolute Gasteiger partial charge is 0.491 e. The molecule has 0 spiro atoms. The molecular weight excluding hydrogens is 188 g/mol. The maximum Gasteiger partial charge on any atom is 0.145 e. The molecule has 1 aliphatic heterocycles. The van der Waals surface area contributed by atoms with Gasteiger partial charge in [-0.25, -0.2) is 0 Å². The molecule has 1 aromatic heterocycles. The van der Waals surface area contributed by atoms with Gasteiger partial charge in [0.1, 0.15) is 5.75 Å². The average Bonchev–Trinajstić information content (AvgIpc) is 2.38. The van der Waals surface area contributed by atoms with Crippen LogP contribution in [0.2, 0.25) is 0 Å². The Labute approximate surface area is 91.1 Å². The Morgan fingerprint density at radius 1 is 1.40 bits per heavy atom. The van der Waals surface area contributed by atoms with Crippen molar-refractivity contribution in [1.82, 2.24) is 4.98 Å². The van der Waals surface area contributed by atoms with E-state index in [0.29, 0.717) is 0 Å². The lowest BCUT2D eigenvalue weighted by molar-refractivity contribution is 0.321. The zero-order valence-electron chi connectivity index (χ0n) is 9.66. The second-order valence-electron chi connectivity index (χ2n) is 4.87. The predicted octanol–water partition coefficient (Wildman–Crippen LogP) is 2.47. The Bertz CT molecular complexity index is 344. The number of aromatic nitrogens is 1. The van der Waals surface area contributed by atoms with Crippen LogP contribution < -0.4 is 9.64 Å². The molecule has 1 aromatic rings. The van der Waals surface area contributed by atoms with Crippen LogP contribution in [-0.2, 0) is 0 Å². The molecule has 2 rings (SSSR count). The number of nitrogens with zero attached hydrogens (tertiary/aromatic N) is 2. The van der Waals surface area contributed by atoms with Crippen molar-refractivity contribution in [3.05, 3.63) is 18.5 Å². The minimum atomic E-state index is 0.117. The van der Waals surface area contributed by atoms with E-state index in [1.807, 2.05) is 12.3 Å². The predicted molar refractivity (Wildman–Crippen MR) is 61.4 cm³/mol. The number of pyridine rings is 1. The summed E-state index contributed by atoms with van der Waals surface area (Å²) in [5.74, 6) is 0.956. The molecule has 0 saturated heterocycles. The van der Waals surface area contributed by atoms with Crippen LogP contribution in [0, 0.1) is 0 Å². The minimum absolute atomic E-state index is 0.117. The van der Waals surface area contributed by atoms with E-state index in [4.69, 9.17) is 4.74 Å². The summed E-state index contributed by atoms with van der Waals surface area (Å²) in [6, 6.07) is 1.94. The zero-order valence-corrected chi connectivity index (χ0v) is 9.66. The zero-order chi connectivity index (χ0) is 10.9. The first-order chi connectivity index (χ1) is 7.09. The summed E-state index contributed by atoms with van der Waals surface area (Å²) in [6.45, 7) is 8.48. The highest BCUT2D eigenvalue weighted by molar-refractivity contribution is 5.58. The molecule has 0 amide bonds. The summed E-state index contributed by atoms with van der Waals surface area (Å²) < 4.78 is 5.69. The fraction of sp³-hybridized carbons (Fsp3) is 0.583. The second-order valence-corrected chi connectivity index (χ2v) is 4.87. The van der Waals surface area contributed by atoms with E-state index in [9.17, 15) is 0 Å². The lowest BCUT2D eigenvalue weighted by atomic mass is 10.0. The highest BCUT2D eigenvalue weighted by Crippen LogP contribution is 2.33. The monoisotopic (exact) mass is 206 g/mol. The van der Waals surface area contributed by atoms with Gasteiger partial charge in [0, 0.05) is 24.3 Å². The molecule has 0 N–H and O–H groups in total. The third-order valence-electron chi connectivity index (χ3n) is 2.65. The molecule has 0 saturated carbocycles. The lowest BCUT2D eigenvalue weighted by Crippen LogP contribution is -2.41. The second kappa shape index (κ2) is 3.72. The maximum atomic E-state index is 5.69. The number of hydrogen-bond donors (Lipinski definition) is 0. The molecule has 0 fully saturated rings. The quantitative estimate of drug-likeness (QED) is 0.652. The summed E-state index contributed by atoms with van der Waals surface area (Å²) in [5, 5.41) is 0. The van der Waals surface area contributed by atoms with E-state index >= 15 is 0 Å². The van der Waals surface area contributed by atoms with Gasteiger partial charge in [-0.2, -0.15) is 0 Å². The Hall–Kier alpha value is -1.25. The van der Waals surface area contributed by atoms with Crippen LogP contribution in [0.25, 0.3) is 0 Å². The van der Waals surface area contributed by atoms with Crippen LogP contribution in [0.4, 0.5) is 5.69 Å². The van der Waals surface area contributed by atoms with Crippen LogP contribution in [0.3, 0.4) is 0 Å². The number of hydrogen-bond acceptors (Lipinski definition) is 3. The van der Waals surface area contributed by atoms with Crippen molar-refractivity contribution in [2.45, 2.75) is 32.7 Å². The Morgan fingerprint density at radius 3 is 2.93 bits per heavy atom. The first-order valence-electron chi connectivity index (χ1n) is 5.43. The van der Waals surface area contributed by atoms with E-state index in [2.05, 4.69) is 30.7 Å². The summed E-state index contributed by atoms with van der Waals surface area (Å²) in [4.78, 5) is 6.55. The SMILES string of the molecule is CC(C)(C)N1CCCOc2ccncc21. The van der Waals surface area contributed by atoms with Crippen molar-refractivity contribution < 1.29 is 4.74 Å².